The third kappa shape index (κ3) is 3.71. The molecule has 19 heavy (non-hydrogen) atoms. The van der Waals surface area contributed by atoms with E-state index in [0.29, 0.717) is 11.1 Å². The Kier molecular flexibility index (Phi) is 4.92. The molecule has 104 valence electrons. The molecular weight excluding hydrogens is 246 g/mol. The fourth-order valence-electron chi connectivity index (χ4n) is 1.73. The number of methoxy groups -OCH3 is 1. The van der Waals surface area contributed by atoms with Crippen LogP contribution in [0, 0.1) is 12.8 Å². The minimum Gasteiger partial charge on any atom is -0.508 e. The van der Waals surface area contributed by atoms with Crippen LogP contribution in [-0.2, 0) is 9.53 Å². The minimum absolute atomic E-state index is 0.0836. The van der Waals surface area contributed by atoms with Crippen molar-refractivity contribution in [2.45, 2.75) is 13.8 Å². The second-order valence-corrected chi connectivity index (χ2v) is 4.61. The molecule has 0 heterocycles. The highest BCUT2D eigenvalue weighted by Gasteiger charge is 2.20. The van der Waals surface area contributed by atoms with Gasteiger partial charge in [0.1, 0.15) is 5.75 Å². The second kappa shape index (κ2) is 6.22. The summed E-state index contributed by atoms with van der Waals surface area (Å²) < 4.78 is 4.62. The first kappa shape index (κ1) is 15.0. The van der Waals surface area contributed by atoms with E-state index in [1.807, 2.05) is 0 Å². The number of benzene rings is 1. The maximum Gasteiger partial charge on any atom is 0.310 e. The van der Waals surface area contributed by atoms with Gasteiger partial charge in [-0.2, -0.15) is 0 Å². The summed E-state index contributed by atoms with van der Waals surface area (Å²) in [5, 5.41) is 9.59. The van der Waals surface area contributed by atoms with E-state index < -0.39 is 5.92 Å². The fourth-order valence-corrected chi connectivity index (χ4v) is 1.73. The Balaban J connectivity index is 2.76. The van der Waals surface area contributed by atoms with Crippen molar-refractivity contribution in [3.63, 3.8) is 0 Å². The molecule has 1 amide bonds. The Morgan fingerprint density at radius 1 is 1.42 bits per heavy atom. The Hall–Kier alpha value is -2.04. The number of phenolic OH excluding ortho intramolecular Hbond substituents is 1. The first-order valence-corrected chi connectivity index (χ1v) is 5.99. The lowest BCUT2D eigenvalue weighted by atomic mass is 10.1. The van der Waals surface area contributed by atoms with Crippen LogP contribution in [0.15, 0.2) is 18.2 Å². The largest absolute Gasteiger partial charge is 0.508 e. The Labute approximate surface area is 112 Å². The molecule has 5 nitrogen and oxygen atoms in total. The summed E-state index contributed by atoms with van der Waals surface area (Å²) in [5.41, 5.74) is 1.10. The van der Waals surface area contributed by atoms with Gasteiger partial charge in [-0.3, -0.25) is 9.59 Å². The van der Waals surface area contributed by atoms with E-state index in [9.17, 15) is 14.7 Å². The number of hydrogen-bond donors (Lipinski definition) is 1. The van der Waals surface area contributed by atoms with Crippen molar-refractivity contribution in [3.8, 4) is 5.75 Å². The molecule has 0 spiro atoms. The quantitative estimate of drug-likeness (QED) is 0.839. The van der Waals surface area contributed by atoms with E-state index >= 15 is 0 Å². The number of ether oxygens (including phenoxy) is 1. The summed E-state index contributed by atoms with van der Waals surface area (Å²) in [6.45, 7) is 3.72. The number of carbonyl (C=O) groups is 2. The van der Waals surface area contributed by atoms with Crippen molar-refractivity contribution in [2.75, 3.05) is 20.7 Å². The smallest absolute Gasteiger partial charge is 0.310 e. The van der Waals surface area contributed by atoms with Gasteiger partial charge in [0, 0.05) is 19.2 Å². The van der Waals surface area contributed by atoms with Crippen LogP contribution in [0.5, 0.6) is 5.75 Å². The molecule has 0 aliphatic heterocycles. The molecule has 1 unspecified atom stereocenters. The van der Waals surface area contributed by atoms with E-state index in [1.54, 1.807) is 33.0 Å². The molecule has 0 bridgehead atoms. The zero-order chi connectivity index (χ0) is 14.6. The number of esters is 1. The van der Waals surface area contributed by atoms with Gasteiger partial charge < -0.3 is 14.7 Å². The zero-order valence-electron chi connectivity index (χ0n) is 11.6. The van der Waals surface area contributed by atoms with Gasteiger partial charge in [0.25, 0.3) is 5.91 Å². The fraction of sp³-hybridized carbons (Fsp3) is 0.429. The molecule has 0 aliphatic rings. The SMILES string of the molecule is COC(=O)C(C)CN(C)C(=O)c1ccc(C)c(O)c1. The van der Waals surface area contributed by atoms with Gasteiger partial charge in [-0.15, -0.1) is 0 Å². The van der Waals surface area contributed by atoms with Crippen molar-refractivity contribution < 1.29 is 19.4 Å². The molecule has 0 aromatic heterocycles. The van der Waals surface area contributed by atoms with Crippen molar-refractivity contribution in [3.05, 3.63) is 29.3 Å². The summed E-state index contributed by atoms with van der Waals surface area (Å²) in [4.78, 5) is 24.9. The summed E-state index contributed by atoms with van der Waals surface area (Å²) >= 11 is 0. The van der Waals surface area contributed by atoms with Crippen LogP contribution in [0.1, 0.15) is 22.8 Å². The first-order chi connectivity index (χ1) is 8.86. The molecule has 1 aromatic rings. The van der Waals surface area contributed by atoms with E-state index in [1.165, 1.54) is 18.1 Å². The van der Waals surface area contributed by atoms with Crippen LogP contribution in [0.3, 0.4) is 0 Å². The van der Waals surface area contributed by atoms with Crippen LogP contribution >= 0.6 is 0 Å². The molecular formula is C14H19NO4. The highest BCUT2D eigenvalue weighted by molar-refractivity contribution is 5.94. The van der Waals surface area contributed by atoms with Crippen LogP contribution in [0.25, 0.3) is 0 Å². The summed E-state index contributed by atoms with van der Waals surface area (Å²) in [6.07, 6.45) is 0. The number of carbonyl (C=O) groups excluding carboxylic acids is 2. The highest BCUT2D eigenvalue weighted by atomic mass is 16.5. The number of aryl methyl sites for hydroxylation is 1. The number of hydrogen-bond acceptors (Lipinski definition) is 4. The average molecular weight is 265 g/mol. The van der Waals surface area contributed by atoms with E-state index in [-0.39, 0.29) is 24.2 Å². The van der Waals surface area contributed by atoms with Crippen LogP contribution in [0.4, 0.5) is 0 Å². The van der Waals surface area contributed by atoms with Crippen LogP contribution in [0.2, 0.25) is 0 Å². The molecule has 1 aromatic carbocycles. The third-order valence-corrected chi connectivity index (χ3v) is 2.95. The van der Waals surface area contributed by atoms with Crippen molar-refractivity contribution in [1.82, 2.24) is 4.90 Å². The van der Waals surface area contributed by atoms with Gasteiger partial charge >= 0.3 is 5.97 Å². The minimum atomic E-state index is -0.391. The van der Waals surface area contributed by atoms with Gasteiger partial charge in [0.15, 0.2) is 0 Å². The second-order valence-electron chi connectivity index (χ2n) is 4.61. The number of aromatic hydroxyl groups is 1. The van der Waals surface area contributed by atoms with Crippen LogP contribution in [-0.4, -0.2) is 42.6 Å². The van der Waals surface area contributed by atoms with E-state index in [4.69, 9.17) is 0 Å². The molecule has 0 saturated heterocycles. The molecule has 1 atom stereocenters. The topological polar surface area (TPSA) is 66.8 Å². The van der Waals surface area contributed by atoms with E-state index in [0.717, 1.165) is 0 Å². The van der Waals surface area contributed by atoms with Gasteiger partial charge in [0.2, 0.25) is 0 Å². The number of phenols is 1. The summed E-state index contributed by atoms with van der Waals surface area (Å²) in [7, 11) is 2.93. The standard InChI is InChI=1S/C14H19NO4/c1-9-5-6-11(7-12(9)16)13(17)15(3)8-10(2)14(18)19-4/h5-7,10,16H,8H2,1-4H3. The predicted octanol–water partition coefficient (Wildman–Crippen LogP) is 1.58. The highest BCUT2D eigenvalue weighted by Crippen LogP contribution is 2.18. The molecule has 5 heteroatoms. The van der Waals surface area contributed by atoms with Crippen molar-refractivity contribution in [1.29, 1.82) is 0 Å². The number of rotatable bonds is 4. The maximum absolute atomic E-state index is 12.1. The Morgan fingerprint density at radius 3 is 2.58 bits per heavy atom. The monoisotopic (exact) mass is 265 g/mol. The summed E-state index contributed by atoms with van der Waals surface area (Å²) in [5.74, 6) is -0.907. The number of nitrogens with zero attached hydrogens (tertiary/aromatic N) is 1. The van der Waals surface area contributed by atoms with Crippen molar-refractivity contribution >= 4 is 11.9 Å². The van der Waals surface area contributed by atoms with Gasteiger partial charge in [-0.25, -0.2) is 0 Å². The Morgan fingerprint density at radius 2 is 2.05 bits per heavy atom. The molecule has 1 N–H and O–H groups in total. The molecule has 0 radical (unpaired) electrons. The van der Waals surface area contributed by atoms with Crippen LogP contribution < -0.4 is 0 Å². The number of amides is 1. The third-order valence-electron chi connectivity index (χ3n) is 2.95. The van der Waals surface area contributed by atoms with Gasteiger partial charge in [0.05, 0.1) is 13.0 Å². The lowest BCUT2D eigenvalue weighted by Crippen LogP contribution is -2.34. The predicted molar refractivity (Wildman–Crippen MR) is 71.0 cm³/mol. The maximum atomic E-state index is 12.1. The molecule has 0 aliphatic carbocycles. The first-order valence-electron chi connectivity index (χ1n) is 5.99. The lowest BCUT2D eigenvalue weighted by Gasteiger charge is -2.20. The zero-order valence-corrected chi connectivity index (χ0v) is 11.6. The molecule has 0 saturated carbocycles. The summed E-state index contributed by atoms with van der Waals surface area (Å²) in [6, 6.07) is 4.76. The average Bonchev–Trinajstić information content (AvgIpc) is 2.39. The normalized spacial score (nSPS) is 11.8. The van der Waals surface area contributed by atoms with Gasteiger partial charge in [-0.05, 0) is 24.6 Å². The van der Waals surface area contributed by atoms with Crippen molar-refractivity contribution in [2.24, 2.45) is 5.92 Å². The van der Waals surface area contributed by atoms with Gasteiger partial charge in [-0.1, -0.05) is 13.0 Å². The lowest BCUT2D eigenvalue weighted by molar-refractivity contribution is -0.145. The van der Waals surface area contributed by atoms with E-state index in [2.05, 4.69) is 4.74 Å². The molecule has 1 rings (SSSR count). The molecule has 0 fully saturated rings. The Bertz CT molecular complexity index is 484.